The van der Waals surface area contributed by atoms with Gasteiger partial charge in [-0.1, -0.05) is 11.6 Å². The molecule has 2 aromatic carbocycles. The number of amides is 1. The summed E-state index contributed by atoms with van der Waals surface area (Å²) in [6, 6.07) is 12.7. The average Bonchev–Trinajstić information content (AvgIpc) is 3.48. The second kappa shape index (κ2) is 7.90. The van der Waals surface area contributed by atoms with Crippen LogP contribution >= 0.6 is 11.6 Å². The molecule has 2 heterocycles. The Morgan fingerprint density at radius 1 is 1.16 bits per heavy atom. The maximum absolute atomic E-state index is 13.0. The van der Waals surface area contributed by atoms with Crippen molar-refractivity contribution in [2.75, 3.05) is 18.6 Å². The highest BCUT2D eigenvalue weighted by molar-refractivity contribution is 6.30. The van der Waals surface area contributed by atoms with Crippen molar-refractivity contribution in [3.05, 3.63) is 64.9 Å². The number of methoxy groups -OCH3 is 1. The van der Waals surface area contributed by atoms with Crippen LogP contribution in [0.1, 0.15) is 28.9 Å². The molecule has 1 aliphatic carbocycles. The molecule has 1 unspecified atom stereocenters. The lowest BCUT2D eigenvalue weighted by Gasteiger charge is -2.19. The SMILES string of the molecule is COc1cc(N2Cc3cn(-c4ccc(Cl)cc4)nc3C2=O)ccc1OCC(O)C1CC1. The van der Waals surface area contributed by atoms with Crippen molar-refractivity contribution in [3.8, 4) is 17.2 Å². The quantitative estimate of drug-likeness (QED) is 0.605. The Labute approximate surface area is 184 Å². The Kier molecular flexibility index (Phi) is 5.08. The zero-order valence-corrected chi connectivity index (χ0v) is 17.7. The maximum Gasteiger partial charge on any atom is 0.279 e. The first kappa shape index (κ1) is 19.9. The molecule has 0 saturated heterocycles. The first-order valence-electron chi connectivity index (χ1n) is 10.2. The Balaban J connectivity index is 1.33. The molecule has 1 atom stereocenters. The summed E-state index contributed by atoms with van der Waals surface area (Å²) >= 11 is 5.95. The molecule has 7 nitrogen and oxygen atoms in total. The van der Waals surface area contributed by atoms with Crippen molar-refractivity contribution < 1.29 is 19.4 Å². The molecule has 1 saturated carbocycles. The monoisotopic (exact) mass is 439 g/mol. The van der Waals surface area contributed by atoms with Crippen LogP contribution in [0.15, 0.2) is 48.7 Å². The summed E-state index contributed by atoms with van der Waals surface area (Å²) in [7, 11) is 1.56. The van der Waals surface area contributed by atoms with Crippen molar-refractivity contribution in [1.29, 1.82) is 0 Å². The first-order valence-corrected chi connectivity index (χ1v) is 10.6. The van der Waals surface area contributed by atoms with Crippen LogP contribution in [-0.4, -0.2) is 40.6 Å². The number of anilines is 1. The van der Waals surface area contributed by atoms with Crippen LogP contribution < -0.4 is 14.4 Å². The highest BCUT2D eigenvalue weighted by Crippen LogP contribution is 2.37. The molecular weight excluding hydrogens is 418 g/mol. The number of halogens is 1. The lowest BCUT2D eigenvalue weighted by Crippen LogP contribution is -2.24. The minimum absolute atomic E-state index is 0.164. The number of nitrogens with zero attached hydrogens (tertiary/aromatic N) is 3. The van der Waals surface area contributed by atoms with Crippen molar-refractivity contribution in [2.45, 2.75) is 25.5 Å². The predicted octanol–water partition coefficient (Wildman–Crippen LogP) is 3.84. The summed E-state index contributed by atoms with van der Waals surface area (Å²) < 4.78 is 12.9. The fourth-order valence-electron chi connectivity index (χ4n) is 3.75. The smallest absolute Gasteiger partial charge is 0.279 e. The summed E-state index contributed by atoms with van der Waals surface area (Å²) in [5.41, 5.74) is 2.83. The number of fused-ring (bicyclic) bond motifs is 1. The molecule has 1 fully saturated rings. The third-order valence-corrected chi connectivity index (χ3v) is 5.94. The number of rotatable bonds is 7. The van der Waals surface area contributed by atoms with E-state index in [4.69, 9.17) is 21.1 Å². The van der Waals surface area contributed by atoms with Gasteiger partial charge in [-0.2, -0.15) is 5.10 Å². The molecular formula is C23H22ClN3O4. The molecule has 8 heteroatoms. The Hall–Kier alpha value is -3.03. The van der Waals surface area contributed by atoms with E-state index in [1.165, 1.54) is 0 Å². The molecule has 0 radical (unpaired) electrons. The number of ether oxygens (including phenoxy) is 2. The number of aromatic nitrogens is 2. The van der Waals surface area contributed by atoms with Crippen molar-refractivity contribution in [3.63, 3.8) is 0 Å². The number of aliphatic hydroxyl groups excluding tert-OH is 1. The summed E-state index contributed by atoms with van der Waals surface area (Å²) in [4.78, 5) is 14.7. The van der Waals surface area contributed by atoms with Gasteiger partial charge >= 0.3 is 0 Å². The molecule has 0 bridgehead atoms. The molecule has 0 spiro atoms. The van der Waals surface area contributed by atoms with Gasteiger partial charge in [-0.25, -0.2) is 4.68 Å². The minimum Gasteiger partial charge on any atom is -0.493 e. The molecule has 1 amide bonds. The average molecular weight is 440 g/mol. The van der Waals surface area contributed by atoms with Crippen LogP contribution in [0.3, 0.4) is 0 Å². The topological polar surface area (TPSA) is 76.8 Å². The summed E-state index contributed by atoms with van der Waals surface area (Å²) in [6.45, 7) is 0.652. The summed E-state index contributed by atoms with van der Waals surface area (Å²) in [5, 5.41) is 15.2. The molecule has 1 aliphatic heterocycles. The Morgan fingerprint density at radius 2 is 1.90 bits per heavy atom. The normalized spacial score (nSPS) is 16.4. The zero-order valence-electron chi connectivity index (χ0n) is 17.0. The number of benzene rings is 2. The minimum atomic E-state index is -0.461. The number of hydrogen-bond donors (Lipinski definition) is 1. The van der Waals surface area contributed by atoms with Crippen molar-refractivity contribution in [1.82, 2.24) is 9.78 Å². The fourth-order valence-corrected chi connectivity index (χ4v) is 3.87. The second-order valence-electron chi connectivity index (χ2n) is 7.87. The van der Waals surface area contributed by atoms with E-state index in [9.17, 15) is 9.90 Å². The van der Waals surface area contributed by atoms with E-state index in [0.717, 1.165) is 24.1 Å². The lowest BCUT2D eigenvalue weighted by atomic mass is 10.2. The number of hydrogen-bond acceptors (Lipinski definition) is 5. The molecule has 5 rings (SSSR count). The van der Waals surface area contributed by atoms with E-state index < -0.39 is 6.10 Å². The third-order valence-electron chi connectivity index (χ3n) is 5.69. The van der Waals surface area contributed by atoms with Gasteiger partial charge < -0.3 is 19.5 Å². The lowest BCUT2D eigenvalue weighted by molar-refractivity contribution is 0.0880. The fraction of sp³-hybridized carbons (Fsp3) is 0.304. The van der Waals surface area contributed by atoms with Gasteiger partial charge in [0, 0.05) is 28.5 Å². The zero-order chi connectivity index (χ0) is 21.5. The molecule has 1 aromatic heterocycles. The molecule has 160 valence electrons. The summed E-state index contributed by atoms with van der Waals surface area (Å²) in [5.74, 6) is 1.24. The largest absolute Gasteiger partial charge is 0.493 e. The van der Waals surface area contributed by atoms with Gasteiger partial charge in [-0.05, 0) is 55.2 Å². The maximum atomic E-state index is 13.0. The van der Waals surface area contributed by atoms with Crippen LogP contribution in [0.2, 0.25) is 5.02 Å². The van der Waals surface area contributed by atoms with Crippen LogP contribution in [0.25, 0.3) is 5.69 Å². The Bertz CT molecular complexity index is 1120. The standard InChI is InChI=1S/C23H22ClN3O4/c1-30-21-10-18(8-9-20(21)31-13-19(28)14-2-3-14)26-11-15-12-27(25-22(15)23(26)29)17-6-4-16(24)5-7-17/h4-10,12,14,19,28H,2-3,11,13H2,1H3. The third kappa shape index (κ3) is 3.86. The van der Waals surface area contributed by atoms with E-state index in [1.807, 2.05) is 24.4 Å². The van der Waals surface area contributed by atoms with Gasteiger partial charge in [-0.15, -0.1) is 0 Å². The van der Waals surface area contributed by atoms with Gasteiger partial charge in [0.25, 0.3) is 5.91 Å². The highest BCUT2D eigenvalue weighted by atomic mass is 35.5. The molecule has 31 heavy (non-hydrogen) atoms. The van der Waals surface area contributed by atoms with E-state index >= 15 is 0 Å². The summed E-state index contributed by atoms with van der Waals surface area (Å²) in [6.07, 6.45) is 3.50. The van der Waals surface area contributed by atoms with E-state index in [2.05, 4.69) is 5.10 Å². The van der Waals surface area contributed by atoms with Crippen molar-refractivity contribution in [2.24, 2.45) is 5.92 Å². The number of carbonyl (C=O) groups excluding carboxylic acids is 1. The van der Waals surface area contributed by atoms with E-state index in [1.54, 1.807) is 41.0 Å². The van der Waals surface area contributed by atoms with Gasteiger partial charge in [0.1, 0.15) is 6.61 Å². The van der Waals surface area contributed by atoms with Crippen LogP contribution in [0, 0.1) is 5.92 Å². The highest BCUT2D eigenvalue weighted by Gasteiger charge is 2.33. The van der Waals surface area contributed by atoms with Gasteiger partial charge in [0.05, 0.1) is 25.4 Å². The number of aliphatic hydroxyl groups is 1. The molecule has 1 N–H and O–H groups in total. The van der Waals surface area contributed by atoms with Gasteiger partial charge in [-0.3, -0.25) is 4.79 Å². The van der Waals surface area contributed by atoms with E-state index in [0.29, 0.717) is 40.4 Å². The Morgan fingerprint density at radius 3 is 2.58 bits per heavy atom. The van der Waals surface area contributed by atoms with Crippen molar-refractivity contribution >= 4 is 23.2 Å². The predicted molar refractivity (Wildman–Crippen MR) is 116 cm³/mol. The van der Waals surface area contributed by atoms with Gasteiger partial charge in [0.2, 0.25) is 0 Å². The van der Waals surface area contributed by atoms with E-state index in [-0.39, 0.29) is 12.5 Å². The first-order chi connectivity index (χ1) is 15.0. The molecule has 3 aromatic rings. The number of carbonyl (C=O) groups is 1. The van der Waals surface area contributed by atoms with Gasteiger partial charge in [0.15, 0.2) is 17.2 Å². The van der Waals surface area contributed by atoms with Crippen LogP contribution in [0.5, 0.6) is 11.5 Å². The molecule has 2 aliphatic rings. The van der Waals surface area contributed by atoms with Crippen LogP contribution in [0.4, 0.5) is 5.69 Å². The second-order valence-corrected chi connectivity index (χ2v) is 8.30. The van der Waals surface area contributed by atoms with Crippen LogP contribution in [-0.2, 0) is 6.54 Å².